The minimum absolute atomic E-state index is 0.316. The highest BCUT2D eigenvalue weighted by Gasteiger charge is 2.34. The average molecular weight is 344 g/mol. The van der Waals surface area contributed by atoms with Crippen molar-refractivity contribution in [1.29, 1.82) is 0 Å². The Balaban J connectivity index is 1.63. The van der Waals surface area contributed by atoms with E-state index >= 15 is 0 Å². The van der Waals surface area contributed by atoms with Gasteiger partial charge in [0.25, 0.3) is 0 Å². The minimum Gasteiger partial charge on any atom is -0.497 e. The molecule has 0 radical (unpaired) electrons. The van der Waals surface area contributed by atoms with Gasteiger partial charge in [-0.1, -0.05) is 12.1 Å². The molecule has 0 amide bonds. The molecule has 0 saturated carbocycles. The first kappa shape index (κ1) is 19.1. The van der Waals surface area contributed by atoms with Crippen LogP contribution in [0.3, 0.4) is 0 Å². The molecule has 24 heavy (non-hydrogen) atoms. The lowest BCUT2D eigenvalue weighted by Gasteiger charge is -2.19. The fourth-order valence-electron chi connectivity index (χ4n) is 3.12. The van der Waals surface area contributed by atoms with Gasteiger partial charge in [0.05, 0.1) is 13.7 Å². The van der Waals surface area contributed by atoms with Crippen molar-refractivity contribution in [3.05, 3.63) is 29.8 Å². The van der Waals surface area contributed by atoms with Crippen LogP contribution in [0.4, 0.5) is 13.2 Å². The van der Waals surface area contributed by atoms with Crippen LogP contribution in [0.25, 0.3) is 0 Å². The SMILES string of the molecule is COc1ccc(CCC(C)NCC2CCN(CC(F)(F)F)C2)cc1. The summed E-state index contributed by atoms with van der Waals surface area (Å²) < 4.78 is 42.3. The molecule has 1 aliphatic heterocycles. The zero-order valence-corrected chi connectivity index (χ0v) is 14.4. The third-order valence-corrected chi connectivity index (χ3v) is 4.55. The Morgan fingerprint density at radius 2 is 2.00 bits per heavy atom. The Labute approximate surface area is 142 Å². The monoisotopic (exact) mass is 344 g/mol. The van der Waals surface area contributed by atoms with Gasteiger partial charge < -0.3 is 10.1 Å². The first-order valence-electron chi connectivity index (χ1n) is 8.51. The molecule has 1 aromatic carbocycles. The molecule has 6 heteroatoms. The van der Waals surface area contributed by atoms with E-state index in [-0.39, 0.29) is 0 Å². The minimum atomic E-state index is -4.09. The summed E-state index contributed by atoms with van der Waals surface area (Å²) in [7, 11) is 1.65. The van der Waals surface area contributed by atoms with Gasteiger partial charge in [0.2, 0.25) is 0 Å². The standard InChI is InChI=1S/C18H27F3N2O/c1-14(3-4-15-5-7-17(24-2)8-6-15)22-11-16-9-10-23(12-16)13-18(19,20)21/h5-8,14,16,22H,3-4,9-13H2,1-2H3. The number of alkyl halides is 3. The number of benzene rings is 1. The first-order chi connectivity index (χ1) is 11.4. The number of halogens is 3. The Morgan fingerprint density at radius 1 is 1.29 bits per heavy atom. The summed E-state index contributed by atoms with van der Waals surface area (Å²) in [5.74, 6) is 1.17. The van der Waals surface area contributed by atoms with E-state index in [1.54, 1.807) is 7.11 Å². The number of hydrogen-bond acceptors (Lipinski definition) is 3. The number of ether oxygens (including phenoxy) is 1. The van der Waals surface area contributed by atoms with Gasteiger partial charge >= 0.3 is 6.18 Å². The Morgan fingerprint density at radius 3 is 2.62 bits per heavy atom. The molecular formula is C18H27F3N2O. The second kappa shape index (κ2) is 8.72. The fraction of sp³-hybridized carbons (Fsp3) is 0.667. The van der Waals surface area contributed by atoms with E-state index in [1.807, 2.05) is 12.1 Å². The maximum absolute atomic E-state index is 12.4. The summed E-state index contributed by atoms with van der Waals surface area (Å²) in [4.78, 5) is 1.51. The molecule has 2 atom stereocenters. The molecule has 2 rings (SSSR count). The summed E-state index contributed by atoms with van der Waals surface area (Å²) in [6, 6.07) is 8.40. The molecule has 1 aliphatic rings. The van der Waals surface area contributed by atoms with Crippen molar-refractivity contribution < 1.29 is 17.9 Å². The van der Waals surface area contributed by atoms with E-state index < -0.39 is 12.7 Å². The predicted molar refractivity (Wildman–Crippen MR) is 89.4 cm³/mol. The van der Waals surface area contributed by atoms with Crippen LogP contribution in [0.5, 0.6) is 5.75 Å². The average Bonchev–Trinajstić information content (AvgIpc) is 2.97. The summed E-state index contributed by atoms with van der Waals surface area (Å²) in [5.41, 5.74) is 1.27. The molecule has 0 spiro atoms. The van der Waals surface area contributed by atoms with Crippen LogP contribution >= 0.6 is 0 Å². The summed E-state index contributed by atoms with van der Waals surface area (Å²) >= 11 is 0. The smallest absolute Gasteiger partial charge is 0.401 e. The predicted octanol–water partition coefficient (Wildman–Crippen LogP) is 3.49. The van der Waals surface area contributed by atoms with Crippen molar-refractivity contribution >= 4 is 0 Å². The highest BCUT2D eigenvalue weighted by molar-refractivity contribution is 5.27. The van der Waals surface area contributed by atoms with Gasteiger partial charge in [-0.05, 0) is 62.9 Å². The van der Waals surface area contributed by atoms with Crippen LogP contribution in [0.15, 0.2) is 24.3 Å². The summed E-state index contributed by atoms with van der Waals surface area (Å²) in [5, 5.41) is 3.47. The Kier molecular flexibility index (Phi) is 6.92. The highest BCUT2D eigenvalue weighted by Crippen LogP contribution is 2.22. The van der Waals surface area contributed by atoms with Crippen molar-refractivity contribution in [2.75, 3.05) is 33.3 Å². The van der Waals surface area contributed by atoms with E-state index in [1.165, 1.54) is 10.5 Å². The molecular weight excluding hydrogens is 317 g/mol. The fourth-order valence-corrected chi connectivity index (χ4v) is 3.12. The van der Waals surface area contributed by atoms with E-state index in [0.717, 1.165) is 31.6 Å². The van der Waals surface area contributed by atoms with E-state index in [9.17, 15) is 13.2 Å². The van der Waals surface area contributed by atoms with Crippen molar-refractivity contribution in [3.8, 4) is 5.75 Å². The van der Waals surface area contributed by atoms with Gasteiger partial charge in [0.1, 0.15) is 5.75 Å². The summed E-state index contributed by atoms with van der Waals surface area (Å²) in [6.45, 7) is 3.23. The van der Waals surface area contributed by atoms with Crippen LogP contribution in [-0.2, 0) is 6.42 Å². The largest absolute Gasteiger partial charge is 0.497 e. The lowest BCUT2D eigenvalue weighted by molar-refractivity contribution is -0.143. The maximum atomic E-state index is 12.4. The normalized spacial score (nSPS) is 20.3. The molecule has 0 bridgehead atoms. The van der Waals surface area contributed by atoms with Crippen LogP contribution in [0, 0.1) is 5.92 Å². The van der Waals surface area contributed by atoms with Gasteiger partial charge in [0, 0.05) is 12.6 Å². The number of rotatable bonds is 8. The van der Waals surface area contributed by atoms with E-state index in [2.05, 4.69) is 24.4 Å². The number of likely N-dealkylation sites (tertiary alicyclic amines) is 1. The third-order valence-electron chi connectivity index (χ3n) is 4.55. The van der Waals surface area contributed by atoms with Crippen molar-refractivity contribution in [2.45, 2.75) is 38.4 Å². The highest BCUT2D eigenvalue weighted by atomic mass is 19.4. The molecule has 3 nitrogen and oxygen atoms in total. The topological polar surface area (TPSA) is 24.5 Å². The van der Waals surface area contributed by atoms with Crippen molar-refractivity contribution in [2.24, 2.45) is 5.92 Å². The number of hydrogen-bond donors (Lipinski definition) is 1. The number of aryl methyl sites for hydroxylation is 1. The molecule has 1 fully saturated rings. The lowest BCUT2D eigenvalue weighted by Crippen LogP contribution is -2.35. The molecule has 0 aromatic heterocycles. The Hall–Kier alpha value is -1.27. The van der Waals surface area contributed by atoms with Gasteiger partial charge in [-0.15, -0.1) is 0 Å². The van der Waals surface area contributed by atoms with Crippen molar-refractivity contribution in [1.82, 2.24) is 10.2 Å². The van der Waals surface area contributed by atoms with Crippen LogP contribution in [0.2, 0.25) is 0 Å². The third kappa shape index (κ3) is 6.69. The number of nitrogens with one attached hydrogen (secondary N) is 1. The molecule has 1 N–H and O–H groups in total. The second-order valence-corrected chi connectivity index (χ2v) is 6.70. The maximum Gasteiger partial charge on any atom is 0.401 e. The van der Waals surface area contributed by atoms with Gasteiger partial charge in [-0.25, -0.2) is 0 Å². The zero-order chi connectivity index (χ0) is 17.6. The van der Waals surface area contributed by atoms with E-state index in [4.69, 9.17) is 4.74 Å². The molecule has 0 aliphatic carbocycles. The number of nitrogens with zero attached hydrogens (tertiary/aromatic N) is 1. The van der Waals surface area contributed by atoms with Crippen LogP contribution in [-0.4, -0.2) is 50.4 Å². The quantitative estimate of drug-likeness (QED) is 0.781. The van der Waals surface area contributed by atoms with E-state index in [0.29, 0.717) is 25.0 Å². The summed E-state index contributed by atoms with van der Waals surface area (Å²) in [6.07, 6.45) is -1.27. The molecule has 1 saturated heterocycles. The molecule has 2 unspecified atom stereocenters. The van der Waals surface area contributed by atoms with Gasteiger partial charge in [-0.2, -0.15) is 13.2 Å². The molecule has 1 aromatic rings. The number of methoxy groups -OCH3 is 1. The second-order valence-electron chi connectivity index (χ2n) is 6.70. The van der Waals surface area contributed by atoms with Crippen LogP contribution in [0.1, 0.15) is 25.3 Å². The van der Waals surface area contributed by atoms with Gasteiger partial charge in [0.15, 0.2) is 0 Å². The van der Waals surface area contributed by atoms with Gasteiger partial charge in [-0.3, -0.25) is 4.90 Å². The first-order valence-corrected chi connectivity index (χ1v) is 8.51. The zero-order valence-electron chi connectivity index (χ0n) is 14.4. The molecule has 1 heterocycles. The molecule has 136 valence electrons. The van der Waals surface area contributed by atoms with Crippen molar-refractivity contribution in [3.63, 3.8) is 0 Å². The lowest BCUT2D eigenvalue weighted by atomic mass is 10.0. The Bertz CT molecular complexity index is 490. The van der Waals surface area contributed by atoms with Crippen LogP contribution < -0.4 is 10.1 Å².